The predicted molar refractivity (Wildman–Crippen MR) is 30.2 cm³/mol. The van der Waals surface area contributed by atoms with Crippen LogP contribution in [0.4, 0.5) is 0 Å². The third-order valence-corrected chi connectivity index (χ3v) is 8.06. The molecule has 0 unspecified atom stereocenters. The Morgan fingerprint density at radius 1 is 1.33 bits per heavy atom. The van der Waals surface area contributed by atoms with Crippen molar-refractivity contribution >= 4 is 34.5 Å². The second kappa shape index (κ2) is 2.42. The molecule has 0 aliphatic rings. The van der Waals surface area contributed by atoms with Gasteiger partial charge < -0.3 is 0 Å². The molecule has 0 atom stereocenters. The topological polar surface area (TPSA) is 9.23 Å². The fourth-order valence-corrected chi connectivity index (χ4v) is 0. The standard InChI is InChI=1S/C3H9OSi.Pb/c1-5(2,3)4;/h1-3H3;/q-1;+1. The van der Waals surface area contributed by atoms with Crippen molar-refractivity contribution in [3.8, 4) is 0 Å². The molecular formula is C3H9OPbSi. The first-order valence-corrected chi connectivity index (χ1v) is 6.90. The molecule has 0 rings (SSSR count). The minimum absolute atomic E-state index is 0.910. The van der Waals surface area contributed by atoms with Gasteiger partial charge in [-0.05, 0) is 0 Å². The molecule has 0 N–H and O–H groups in total. The average molecular weight is 296 g/mol. The number of hydrogen-bond donors (Lipinski definition) is 0. The fraction of sp³-hybridized carbons (Fsp3) is 1.00. The molecule has 0 heterocycles. The molecule has 0 spiro atoms. The van der Waals surface area contributed by atoms with Crippen LogP contribution >= 0.6 is 0 Å². The van der Waals surface area contributed by atoms with E-state index in [0.717, 1.165) is 26.2 Å². The Hall–Kier alpha value is 1.10. The van der Waals surface area contributed by atoms with E-state index < -0.39 is 8.32 Å². The monoisotopic (exact) mass is 297 g/mol. The molecule has 0 bridgehead atoms. The molecule has 6 heavy (non-hydrogen) atoms. The second-order valence-electron chi connectivity index (χ2n) is 2.21. The van der Waals surface area contributed by atoms with E-state index in [1.54, 1.807) is 0 Å². The quantitative estimate of drug-likeness (QED) is 0.654. The van der Waals surface area contributed by atoms with Gasteiger partial charge in [-0.15, -0.1) is 0 Å². The molecule has 0 saturated heterocycles. The molecule has 0 saturated carbocycles. The van der Waals surface area contributed by atoms with Crippen LogP contribution in [0.25, 0.3) is 0 Å². The first kappa shape index (κ1) is 7.10. The maximum absolute atomic E-state index is 5.22. The van der Waals surface area contributed by atoms with Crippen LogP contribution in [0.2, 0.25) is 19.6 Å². The first-order chi connectivity index (χ1) is 2.56. The zero-order chi connectivity index (χ0) is 5.21. The van der Waals surface area contributed by atoms with Crippen molar-refractivity contribution in [3.05, 3.63) is 0 Å². The molecule has 0 aliphatic heterocycles. The summed E-state index contributed by atoms with van der Waals surface area (Å²) in [5.41, 5.74) is 0. The molecule has 0 aliphatic carbocycles. The molecular weight excluding hydrogens is 287 g/mol. The molecule has 0 fully saturated rings. The van der Waals surface area contributed by atoms with E-state index in [0.29, 0.717) is 0 Å². The van der Waals surface area contributed by atoms with Gasteiger partial charge in [0.1, 0.15) is 0 Å². The van der Waals surface area contributed by atoms with Crippen LogP contribution < -0.4 is 0 Å². The van der Waals surface area contributed by atoms with Crippen LogP contribution in [-0.4, -0.2) is 34.5 Å². The summed E-state index contributed by atoms with van der Waals surface area (Å²) >= 11 is 0.910. The summed E-state index contributed by atoms with van der Waals surface area (Å²) in [5.74, 6) is 0. The summed E-state index contributed by atoms with van der Waals surface area (Å²) < 4.78 is 5.22. The number of hydrogen-bond acceptors (Lipinski definition) is 1. The Balaban J connectivity index is 3.17. The van der Waals surface area contributed by atoms with Crippen LogP contribution in [0.5, 0.6) is 0 Å². The van der Waals surface area contributed by atoms with Crippen molar-refractivity contribution in [2.24, 2.45) is 0 Å². The Bertz CT molecular complexity index is 40.5. The number of rotatable bonds is 1. The van der Waals surface area contributed by atoms with E-state index in [1.165, 1.54) is 0 Å². The van der Waals surface area contributed by atoms with E-state index in [1.807, 2.05) is 0 Å². The first-order valence-electron chi connectivity index (χ1n) is 1.91. The molecule has 1 nitrogen and oxygen atoms in total. The van der Waals surface area contributed by atoms with Gasteiger partial charge in [-0.25, -0.2) is 0 Å². The SMILES string of the molecule is C[Si](C)(C)[O][Pb]. The molecule has 0 aromatic carbocycles. The molecule has 3 radical (unpaired) electrons. The zero-order valence-corrected chi connectivity index (χ0v) is 9.30. The van der Waals surface area contributed by atoms with Crippen LogP contribution in [0.1, 0.15) is 0 Å². The van der Waals surface area contributed by atoms with E-state index in [9.17, 15) is 0 Å². The van der Waals surface area contributed by atoms with E-state index in [4.69, 9.17) is 2.38 Å². The summed E-state index contributed by atoms with van der Waals surface area (Å²) in [5, 5.41) is 0. The normalized spacial score (nSPS) is 12.0. The summed E-state index contributed by atoms with van der Waals surface area (Å²) in [6, 6.07) is 0. The summed E-state index contributed by atoms with van der Waals surface area (Å²) in [7, 11) is -1.07. The van der Waals surface area contributed by atoms with Gasteiger partial charge in [-0.2, -0.15) is 0 Å². The predicted octanol–water partition coefficient (Wildman–Crippen LogP) is 0.921. The van der Waals surface area contributed by atoms with Gasteiger partial charge in [0.15, 0.2) is 0 Å². The van der Waals surface area contributed by atoms with E-state index >= 15 is 0 Å². The van der Waals surface area contributed by atoms with Crippen LogP contribution in [0.3, 0.4) is 0 Å². The van der Waals surface area contributed by atoms with Gasteiger partial charge in [0.25, 0.3) is 0 Å². The van der Waals surface area contributed by atoms with Crippen LogP contribution in [0.15, 0.2) is 0 Å². The average Bonchev–Trinajstić information content (AvgIpc) is 1.35. The minimum atomic E-state index is -1.07. The summed E-state index contributed by atoms with van der Waals surface area (Å²) in [4.78, 5) is 0. The molecule has 3 heteroatoms. The molecule has 0 aromatic heterocycles. The zero-order valence-electron chi connectivity index (χ0n) is 4.41. The van der Waals surface area contributed by atoms with Crippen molar-refractivity contribution in [1.29, 1.82) is 0 Å². The van der Waals surface area contributed by atoms with Crippen molar-refractivity contribution in [3.63, 3.8) is 0 Å². The molecule has 0 amide bonds. The Morgan fingerprint density at radius 3 is 1.50 bits per heavy atom. The molecule has 0 aromatic rings. The van der Waals surface area contributed by atoms with Gasteiger partial charge in [0.05, 0.1) is 0 Å². The van der Waals surface area contributed by atoms with Gasteiger partial charge >= 0.3 is 56.6 Å². The second-order valence-corrected chi connectivity index (χ2v) is 9.02. The van der Waals surface area contributed by atoms with Crippen molar-refractivity contribution in [2.45, 2.75) is 19.6 Å². The summed E-state index contributed by atoms with van der Waals surface area (Å²) in [6.45, 7) is 6.58. The third kappa shape index (κ3) is 5.10. The summed E-state index contributed by atoms with van der Waals surface area (Å²) in [6.07, 6.45) is 0. The maximum atomic E-state index is 5.22. The van der Waals surface area contributed by atoms with Gasteiger partial charge in [0, 0.05) is 0 Å². The van der Waals surface area contributed by atoms with Gasteiger partial charge in [0.2, 0.25) is 0 Å². The molecule has 35 valence electrons. The van der Waals surface area contributed by atoms with Crippen molar-refractivity contribution < 1.29 is 2.38 Å². The third-order valence-electron chi connectivity index (χ3n) is 0.306. The fourth-order valence-electron chi connectivity index (χ4n) is 0. The Morgan fingerprint density at radius 2 is 1.50 bits per heavy atom. The van der Waals surface area contributed by atoms with Crippen LogP contribution in [-0.2, 0) is 2.38 Å². The van der Waals surface area contributed by atoms with E-state index in [2.05, 4.69) is 19.6 Å². The Labute approximate surface area is 56.6 Å². The van der Waals surface area contributed by atoms with Gasteiger partial charge in [-0.3, -0.25) is 0 Å². The van der Waals surface area contributed by atoms with E-state index in [-0.39, 0.29) is 0 Å². The van der Waals surface area contributed by atoms with Gasteiger partial charge in [-0.1, -0.05) is 0 Å². The Kier molecular flexibility index (Phi) is 2.86. The van der Waals surface area contributed by atoms with Crippen LogP contribution in [0, 0.1) is 0 Å². The van der Waals surface area contributed by atoms with Crippen molar-refractivity contribution in [2.75, 3.05) is 0 Å². The van der Waals surface area contributed by atoms with Crippen molar-refractivity contribution in [1.82, 2.24) is 0 Å².